The van der Waals surface area contributed by atoms with Crippen LogP contribution in [-0.4, -0.2) is 44.7 Å². The lowest BCUT2D eigenvalue weighted by atomic mass is 9.99. The number of hydrogen-bond acceptors (Lipinski definition) is 2. The third-order valence-corrected chi connectivity index (χ3v) is 3.57. The normalized spacial score (nSPS) is 15.4. The molecule has 1 aliphatic heterocycles. The Morgan fingerprint density at radius 3 is 3.00 bits per heavy atom. The van der Waals surface area contributed by atoms with Crippen LogP contribution in [0.4, 0.5) is 0 Å². The van der Waals surface area contributed by atoms with Crippen molar-refractivity contribution >= 4 is 11.5 Å². The largest absolute Gasteiger partial charge is 0.497 e. The molecule has 0 radical (unpaired) electrons. The van der Waals surface area contributed by atoms with E-state index in [0.717, 1.165) is 37.8 Å². The van der Waals surface area contributed by atoms with Gasteiger partial charge in [-0.05, 0) is 29.7 Å². The quantitative estimate of drug-likeness (QED) is 0.525. The predicted molar refractivity (Wildman–Crippen MR) is 88.7 cm³/mol. The summed E-state index contributed by atoms with van der Waals surface area (Å²) in [6, 6.07) is 8.23. The lowest BCUT2D eigenvalue weighted by Crippen LogP contribution is -2.43. The Labute approximate surface area is 126 Å². The van der Waals surface area contributed by atoms with E-state index in [0.29, 0.717) is 0 Å². The van der Waals surface area contributed by atoms with E-state index >= 15 is 0 Å². The number of nitrogens with zero attached hydrogens (tertiary/aromatic N) is 2. The van der Waals surface area contributed by atoms with Gasteiger partial charge >= 0.3 is 0 Å². The number of benzene rings is 1. The molecule has 1 aliphatic rings. The van der Waals surface area contributed by atoms with Gasteiger partial charge in [0.25, 0.3) is 0 Å². The number of aliphatic imine (C=N–C) groups is 1. The Kier molecular flexibility index (Phi) is 5.43. The molecule has 0 bridgehead atoms. The van der Waals surface area contributed by atoms with Gasteiger partial charge < -0.3 is 15.0 Å². The van der Waals surface area contributed by atoms with E-state index in [4.69, 9.17) is 4.74 Å². The van der Waals surface area contributed by atoms with E-state index in [1.807, 2.05) is 25.3 Å². The number of hydrogen-bond donors (Lipinski definition) is 1. The lowest BCUT2D eigenvalue weighted by molar-refractivity contribution is 0.414. The fourth-order valence-electron chi connectivity index (χ4n) is 2.44. The summed E-state index contributed by atoms with van der Waals surface area (Å²) in [6.45, 7) is 6.27. The predicted octanol–water partition coefficient (Wildman–Crippen LogP) is 2.55. The smallest absolute Gasteiger partial charge is 0.194 e. The highest BCUT2D eigenvalue weighted by Gasteiger charge is 2.15. The molecule has 0 fully saturated rings. The first kappa shape index (κ1) is 15.2. The average Bonchev–Trinajstić information content (AvgIpc) is 2.56. The van der Waals surface area contributed by atoms with E-state index in [9.17, 15) is 0 Å². The van der Waals surface area contributed by atoms with Gasteiger partial charge in [0, 0.05) is 26.7 Å². The Bertz CT molecular complexity index is 549. The standard InChI is InChI=1S/C17H23N3O/c1-4-10-19-17(18-2)20-11-8-14(9-12-20)15-6-5-7-16(13-15)21-3/h4-8,13H,1,9-12H2,2-3H3,(H,18,19). The zero-order valence-electron chi connectivity index (χ0n) is 12.8. The molecular weight excluding hydrogens is 262 g/mol. The van der Waals surface area contributed by atoms with Crippen molar-refractivity contribution in [1.82, 2.24) is 10.2 Å². The highest BCUT2D eigenvalue weighted by molar-refractivity contribution is 5.81. The van der Waals surface area contributed by atoms with E-state index < -0.39 is 0 Å². The summed E-state index contributed by atoms with van der Waals surface area (Å²) in [5.74, 6) is 1.83. The SMILES string of the molecule is C=CCNC(=NC)N1CC=C(c2cccc(OC)c2)CC1. The molecule has 0 amide bonds. The molecule has 0 saturated heterocycles. The van der Waals surface area contributed by atoms with Crippen LogP contribution in [0.2, 0.25) is 0 Å². The molecule has 1 heterocycles. The van der Waals surface area contributed by atoms with Gasteiger partial charge in [-0.15, -0.1) is 6.58 Å². The van der Waals surface area contributed by atoms with Crippen LogP contribution in [0.15, 0.2) is 48.0 Å². The van der Waals surface area contributed by atoms with E-state index in [2.05, 4.69) is 40.0 Å². The van der Waals surface area contributed by atoms with Gasteiger partial charge in [0.2, 0.25) is 0 Å². The Morgan fingerprint density at radius 1 is 1.52 bits per heavy atom. The maximum Gasteiger partial charge on any atom is 0.194 e. The molecule has 0 atom stereocenters. The summed E-state index contributed by atoms with van der Waals surface area (Å²) in [5, 5.41) is 3.27. The summed E-state index contributed by atoms with van der Waals surface area (Å²) >= 11 is 0. The lowest BCUT2D eigenvalue weighted by Gasteiger charge is -2.29. The fourth-order valence-corrected chi connectivity index (χ4v) is 2.44. The van der Waals surface area contributed by atoms with Crippen LogP contribution in [0.25, 0.3) is 5.57 Å². The first-order valence-electron chi connectivity index (χ1n) is 7.18. The van der Waals surface area contributed by atoms with Crippen LogP contribution >= 0.6 is 0 Å². The first-order valence-corrected chi connectivity index (χ1v) is 7.18. The van der Waals surface area contributed by atoms with Gasteiger partial charge in [-0.25, -0.2) is 0 Å². The minimum atomic E-state index is 0.732. The zero-order valence-corrected chi connectivity index (χ0v) is 12.8. The summed E-state index contributed by atoms with van der Waals surface area (Å²) < 4.78 is 5.29. The minimum absolute atomic E-state index is 0.732. The monoisotopic (exact) mass is 285 g/mol. The van der Waals surface area contributed by atoms with Crippen LogP contribution in [0, 0.1) is 0 Å². The third-order valence-electron chi connectivity index (χ3n) is 3.57. The van der Waals surface area contributed by atoms with Crippen LogP contribution in [0.5, 0.6) is 5.75 Å². The molecule has 1 aromatic carbocycles. The second-order valence-corrected chi connectivity index (χ2v) is 4.87. The molecule has 2 rings (SSSR count). The molecule has 0 saturated carbocycles. The molecule has 4 nitrogen and oxygen atoms in total. The van der Waals surface area contributed by atoms with Crippen molar-refractivity contribution in [2.45, 2.75) is 6.42 Å². The van der Waals surface area contributed by atoms with Crippen molar-refractivity contribution in [1.29, 1.82) is 0 Å². The summed E-state index contributed by atoms with van der Waals surface area (Å²) in [6.07, 6.45) is 5.10. The topological polar surface area (TPSA) is 36.9 Å². The third kappa shape index (κ3) is 3.88. The van der Waals surface area contributed by atoms with Gasteiger partial charge in [0.1, 0.15) is 5.75 Å². The molecule has 1 N–H and O–H groups in total. The van der Waals surface area contributed by atoms with Crippen LogP contribution in [0.1, 0.15) is 12.0 Å². The van der Waals surface area contributed by atoms with Crippen molar-refractivity contribution in [3.8, 4) is 5.75 Å². The molecular formula is C17H23N3O. The molecule has 0 unspecified atom stereocenters. The van der Waals surface area contributed by atoms with Gasteiger partial charge in [-0.1, -0.05) is 24.3 Å². The van der Waals surface area contributed by atoms with Crippen LogP contribution < -0.4 is 10.1 Å². The summed E-state index contributed by atoms with van der Waals surface area (Å²) in [7, 11) is 3.51. The number of guanidine groups is 1. The Hall–Kier alpha value is -2.23. The van der Waals surface area contributed by atoms with Crippen LogP contribution in [0.3, 0.4) is 0 Å². The number of nitrogens with one attached hydrogen (secondary N) is 1. The second-order valence-electron chi connectivity index (χ2n) is 4.87. The highest BCUT2D eigenvalue weighted by Crippen LogP contribution is 2.25. The van der Waals surface area contributed by atoms with Gasteiger partial charge in [-0.2, -0.15) is 0 Å². The maximum atomic E-state index is 5.29. The summed E-state index contributed by atoms with van der Waals surface area (Å²) in [5.41, 5.74) is 2.60. The maximum absolute atomic E-state index is 5.29. The molecule has 112 valence electrons. The number of methoxy groups -OCH3 is 1. The van der Waals surface area contributed by atoms with Gasteiger partial charge in [-0.3, -0.25) is 4.99 Å². The van der Waals surface area contributed by atoms with E-state index in [1.165, 1.54) is 11.1 Å². The molecule has 0 aliphatic carbocycles. The Morgan fingerprint density at radius 2 is 2.38 bits per heavy atom. The van der Waals surface area contributed by atoms with Crippen molar-refractivity contribution in [2.24, 2.45) is 4.99 Å². The van der Waals surface area contributed by atoms with E-state index in [1.54, 1.807) is 7.11 Å². The molecule has 0 spiro atoms. The van der Waals surface area contributed by atoms with Crippen molar-refractivity contribution in [3.05, 3.63) is 48.6 Å². The number of rotatable bonds is 4. The second kappa shape index (κ2) is 7.53. The molecule has 0 aromatic heterocycles. The molecule has 21 heavy (non-hydrogen) atoms. The number of ether oxygens (including phenoxy) is 1. The van der Waals surface area contributed by atoms with Crippen LogP contribution in [-0.2, 0) is 0 Å². The van der Waals surface area contributed by atoms with Crippen molar-refractivity contribution < 1.29 is 4.74 Å². The molecule has 4 heteroatoms. The zero-order chi connectivity index (χ0) is 15.1. The van der Waals surface area contributed by atoms with Crippen molar-refractivity contribution in [2.75, 3.05) is 33.8 Å². The van der Waals surface area contributed by atoms with Gasteiger partial charge in [0.05, 0.1) is 7.11 Å². The van der Waals surface area contributed by atoms with Gasteiger partial charge in [0.15, 0.2) is 5.96 Å². The fraction of sp³-hybridized carbons (Fsp3) is 0.353. The van der Waals surface area contributed by atoms with E-state index in [-0.39, 0.29) is 0 Å². The summed E-state index contributed by atoms with van der Waals surface area (Å²) in [4.78, 5) is 6.55. The highest BCUT2D eigenvalue weighted by atomic mass is 16.5. The molecule has 1 aromatic rings. The average molecular weight is 285 g/mol. The minimum Gasteiger partial charge on any atom is -0.497 e. The van der Waals surface area contributed by atoms with Crippen molar-refractivity contribution in [3.63, 3.8) is 0 Å². The first-order chi connectivity index (χ1) is 10.3. The Balaban J connectivity index is 2.05.